The first-order valence-electron chi connectivity index (χ1n) is 11.5. The number of ether oxygens (including phenoxy) is 4. The zero-order valence-electron chi connectivity index (χ0n) is 22.5. The summed E-state index contributed by atoms with van der Waals surface area (Å²) >= 11 is 0. The Balaban J connectivity index is 0.00000380. The van der Waals surface area contributed by atoms with E-state index in [2.05, 4.69) is 24.3 Å². The Labute approximate surface area is 269 Å². The van der Waals surface area contributed by atoms with Crippen molar-refractivity contribution >= 4 is 74.3 Å². The fourth-order valence-electron chi connectivity index (χ4n) is 4.22. The van der Waals surface area contributed by atoms with E-state index < -0.39 is 21.4 Å². The van der Waals surface area contributed by atoms with Crippen molar-refractivity contribution in [2.75, 3.05) is 28.4 Å². The Morgan fingerprint density at radius 1 is 0.450 bits per heavy atom. The summed E-state index contributed by atoms with van der Waals surface area (Å²) in [6.07, 6.45) is 0. The van der Waals surface area contributed by atoms with Crippen LogP contribution < -0.4 is 40.2 Å². The van der Waals surface area contributed by atoms with Crippen LogP contribution in [0.1, 0.15) is 0 Å². The van der Waals surface area contributed by atoms with Crippen LogP contribution in [0.2, 0.25) is 0 Å². The minimum Gasteiger partial charge on any atom is -0.666 e. The molecule has 0 bridgehead atoms. The summed E-state index contributed by atoms with van der Waals surface area (Å²) in [5.41, 5.74) is 9.40. The van der Waals surface area contributed by atoms with Gasteiger partial charge in [-0.05, 0) is 40.1 Å². The Morgan fingerprint density at radius 2 is 0.650 bits per heavy atom. The van der Waals surface area contributed by atoms with Crippen LogP contribution >= 0.6 is 53.1 Å². The van der Waals surface area contributed by atoms with Gasteiger partial charge < -0.3 is 24.7 Å². The number of methoxy groups -OCH3 is 4. The van der Waals surface area contributed by atoms with Gasteiger partial charge in [-0.15, -0.1) is 37.2 Å². The van der Waals surface area contributed by atoms with E-state index in [4.69, 9.17) is 18.9 Å². The van der Waals surface area contributed by atoms with Crippen LogP contribution in [-0.4, -0.2) is 34.0 Å². The molecule has 0 atom stereocenters. The predicted molar refractivity (Wildman–Crippen MR) is 174 cm³/mol. The minimum atomic E-state index is -1.25. The van der Waals surface area contributed by atoms with E-state index in [1.807, 2.05) is 72.8 Å². The molecule has 11 heteroatoms. The second-order valence-electron chi connectivity index (χ2n) is 7.80. The number of benzene rings is 4. The molecule has 0 aliphatic rings. The molecule has 1 N–H and O–H groups in total. The van der Waals surface area contributed by atoms with Crippen LogP contribution in [0.15, 0.2) is 97.1 Å². The van der Waals surface area contributed by atoms with Crippen molar-refractivity contribution in [2.24, 2.45) is 0 Å². The SMILES string of the molecule is COc1ccccc1P(c1ccccc1OC)C([NH-])P(c1ccccc1OC)c1ccccc1OC.Cl.Cl.Cl.[Cr]. The summed E-state index contributed by atoms with van der Waals surface area (Å²) in [6.45, 7) is 0. The monoisotopic (exact) mass is 678 g/mol. The Hall–Kier alpha value is -1.70. The summed E-state index contributed by atoms with van der Waals surface area (Å²) in [4.78, 5) is 0. The van der Waals surface area contributed by atoms with Gasteiger partial charge in [0.1, 0.15) is 23.0 Å². The predicted octanol–water partition coefficient (Wildman–Crippen LogP) is 6.89. The van der Waals surface area contributed by atoms with Crippen molar-refractivity contribution in [3.8, 4) is 23.0 Å². The fourth-order valence-corrected chi connectivity index (χ4v) is 10.8. The molecule has 0 unspecified atom stereocenters. The second-order valence-corrected chi connectivity index (χ2v) is 12.6. The zero-order valence-corrected chi connectivity index (χ0v) is 28.0. The standard InChI is InChI=1S/C29H30NO4P2.3ClH.Cr/c1-31-21-13-5-9-17-25(21)35(26-18-10-6-14-22(26)32-2)29(30)36(27-19-11-7-15-23(27)33-3)28-20-12-8-16-24(28)34-4;;;;/h5-20,29-30H,1-4H3;3*1H;/q-1;;;;. The van der Waals surface area contributed by atoms with E-state index in [-0.39, 0.29) is 54.6 Å². The minimum absolute atomic E-state index is 0. The molecule has 4 rings (SSSR count). The van der Waals surface area contributed by atoms with E-state index in [1.54, 1.807) is 28.4 Å². The molecule has 0 saturated heterocycles. The van der Waals surface area contributed by atoms with Crippen molar-refractivity contribution in [3.05, 3.63) is 103 Å². The average Bonchev–Trinajstić information content (AvgIpc) is 2.94. The van der Waals surface area contributed by atoms with Crippen LogP contribution in [0.3, 0.4) is 0 Å². The first-order chi connectivity index (χ1) is 17.6. The molecule has 5 nitrogen and oxygen atoms in total. The van der Waals surface area contributed by atoms with E-state index in [9.17, 15) is 5.73 Å². The van der Waals surface area contributed by atoms with Gasteiger partial charge in [0.05, 0.1) is 28.4 Å². The first kappa shape index (κ1) is 38.3. The molecular weight excluding hydrogens is 647 g/mol. The van der Waals surface area contributed by atoms with Crippen molar-refractivity contribution in [2.45, 2.75) is 5.52 Å². The van der Waals surface area contributed by atoms with Crippen LogP contribution in [0, 0.1) is 0 Å². The van der Waals surface area contributed by atoms with Crippen LogP contribution in [0.4, 0.5) is 0 Å². The van der Waals surface area contributed by atoms with Gasteiger partial charge in [0.25, 0.3) is 0 Å². The van der Waals surface area contributed by atoms with E-state index in [0.29, 0.717) is 0 Å². The van der Waals surface area contributed by atoms with E-state index >= 15 is 0 Å². The van der Waals surface area contributed by atoms with Crippen molar-refractivity contribution < 1.29 is 36.3 Å². The topological polar surface area (TPSA) is 60.7 Å². The first-order valence-corrected chi connectivity index (χ1v) is 14.3. The summed E-state index contributed by atoms with van der Waals surface area (Å²) < 4.78 is 23.2. The molecule has 0 spiro atoms. The smallest absolute Gasteiger partial charge is 0.126 e. The molecular formula is C29H33Cl3CrNO4P2-. The molecule has 0 fully saturated rings. The summed E-state index contributed by atoms with van der Waals surface area (Å²) in [5.74, 6) is 3.06. The molecule has 0 aromatic heterocycles. The van der Waals surface area contributed by atoms with Crippen LogP contribution in [0.25, 0.3) is 5.73 Å². The van der Waals surface area contributed by atoms with Gasteiger partial charge in [-0.2, -0.15) is 0 Å². The number of rotatable bonds is 10. The Kier molecular flexibility index (Phi) is 17.9. The third-order valence-corrected chi connectivity index (χ3v) is 11.8. The van der Waals surface area contributed by atoms with Crippen molar-refractivity contribution in [1.82, 2.24) is 0 Å². The molecule has 4 aromatic carbocycles. The van der Waals surface area contributed by atoms with Crippen LogP contribution in [0.5, 0.6) is 23.0 Å². The second kappa shape index (κ2) is 18.7. The van der Waals surface area contributed by atoms with E-state index in [1.165, 1.54) is 0 Å². The molecule has 0 aliphatic heterocycles. The van der Waals surface area contributed by atoms with Gasteiger partial charge in [0.2, 0.25) is 0 Å². The van der Waals surface area contributed by atoms with Gasteiger partial charge in [0, 0.05) is 38.6 Å². The van der Waals surface area contributed by atoms with Gasteiger partial charge >= 0.3 is 0 Å². The third kappa shape index (κ3) is 8.19. The van der Waals surface area contributed by atoms with Crippen LogP contribution in [-0.2, 0) is 17.4 Å². The molecule has 216 valence electrons. The summed E-state index contributed by atoms with van der Waals surface area (Å²) in [6, 6.07) is 32.0. The molecule has 0 radical (unpaired) electrons. The number of hydrogen-bond donors (Lipinski definition) is 0. The van der Waals surface area contributed by atoms with Gasteiger partial charge in [-0.1, -0.05) is 78.3 Å². The van der Waals surface area contributed by atoms with Crippen molar-refractivity contribution in [1.29, 1.82) is 0 Å². The molecule has 0 aliphatic carbocycles. The van der Waals surface area contributed by atoms with E-state index in [0.717, 1.165) is 44.2 Å². The maximum atomic E-state index is 9.96. The third-order valence-electron chi connectivity index (χ3n) is 5.87. The van der Waals surface area contributed by atoms with Crippen molar-refractivity contribution in [3.63, 3.8) is 0 Å². The van der Waals surface area contributed by atoms with Gasteiger partial charge in [-0.3, -0.25) is 0 Å². The number of hydrogen-bond acceptors (Lipinski definition) is 4. The number of halogens is 3. The maximum Gasteiger partial charge on any atom is 0.126 e. The average molecular weight is 680 g/mol. The van der Waals surface area contributed by atoms with Gasteiger partial charge in [0.15, 0.2) is 0 Å². The molecule has 0 heterocycles. The molecule has 4 aromatic rings. The largest absolute Gasteiger partial charge is 0.666 e. The maximum absolute atomic E-state index is 9.96. The normalized spacial score (nSPS) is 10.0. The summed E-state index contributed by atoms with van der Waals surface area (Å²) in [5, 5.41) is 3.99. The van der Waals surface area contributed by atoms with Gasteiger partial charge in [-0.25, -0.2) is 0 Å². The number of nitrogens with one attached hydrogen (secondary N) is 1. The summed E-state index contributed by atoms with van der Waals surface area (Å²) in [7, 11) is 4.20. The molecule has 0 amide bonds. The molecule has 40 heavy (non-hydrogen) atoms. The Morgan fingerprint density at radius 3 is 0.850 bits per heavy atom. The Bertz CT molecular complexity index is 1130. The fraction of sp³-hybridized carbons (Fsp3) is 0.172. The molecule has 0 saturated carbocycles. The quantitative estimate of drug-likeness (QED) is 0.172. The zero-order chi connectivity index (χ0) is 25.5. The number of para-hydroxylation sites is 4.